The summed E-state index contributed by atoms with van der Waals surface area (Å²) in [6.07, 6.45) is 0.646. The maximum absolute atomic E-state index is 12.1. The van der Waals surface area contributed by atoms with Crippen molar-refractivity contribution in [1.29, 1.82) is 0 Å². The zero-order valence-electron chi connectivity index (χ0n) is 14.2. The molecule has 130 valence electrons. The first-order valence-electron chi connectivity index (χ1n) is 8.00. The van der Waals surface area contributed by atoms with E-state index in [9.17, 15) is 14.4 Å². The van der Waals surface area contributed by atoms with Gasteiger partial charge < -0.3 is 20.3 Å². The third-order valence-corrected chi connectivity index (χ3v) is 3.86. The van der Waals surface area contributed by atoms with Crippen molar-refractivity contribution in [3.8, 4) is 0 Å². The van der Waals surface area contributed by atoms with Gasteiger partial charge in [0.2, 0.25) is 11.8 Å². The SMILES string of the molecule is CCOC(=O)N(C)CC(=O)NC(C)c1ccc2c(c1)CCC(=O)N2. The van der Waals surface area contributed by atoms with E-state index in [1.807, 2.05) is 25.1 Å². The van der Waals surface area contributed by atoms with Crippen molar-refractivity contribution < 1.29 is 19.1 Å². The Morgan fingerprint density at radius 3 is 2.83 bits per heavy atom. The Morgan fingerprint density at radius 2 is 2.12 bits per heavy atom. The molecule has 0 bridgehead atoms. The zero-order chi connectivity index (χ0) is 17.7. The Bertz CT molecular complexity index is 645. The van der Waals surface area contributed by atoms with Crippen molar-refractivity contribution in [2.75, 3.05) is 25.5 Å². The number of nitrogens with zero attached hydrogens (tertiary/aromatic N) is 1. The van der Waals surface area contributed by atoms with E-state index in [0.717, 1.165) is 16.8 Å². The van der Waals surface area contributed by atoms with Crippen LogP contribution >= 0.6 is 0 Å². The Labute approximate surface area is 141 Å². The van der Waals surface area contributed by atoms with Crippen LogP contribution in [-0.4, -0.2) is 43.0 Å². The molecule has 0 aromatic heterocycles. The van der Waals surface area contributed by atoms with Crippen LogP contribution in [0.25, 0.3) is 0 Å². The van der Waals surface area contributed by atoms with Gasteiger partial charge in [-0.25, -0.2) is 4.79 Å². The number of benzene rings is 1. The van der Waals surface area contributed by atoms with E-state index in [4.69, 9.17) is 4.74 Å². The second-order valence-corrected chi connectivity index (χ2v) is 5.81. The molecule has 0 aliphatic carbocycles. The molecular weight excluding hydrogens is 310 g/mol. The number of carbonyl (C=O) groups excluding carboxylic acids is 3. The largest absolute Gasteiger partial charge is 0.450 e. The highest BCUT2D eigenvalue weighted by molar-refractivity contribution is 5.93. The minimum atomic E-state index is -0.523. The molecule has 2 rings (SSSR count). The molecule has 2 N–H and O–H groups in total. The first-order valence-corrected chi connectivity index (χ1v) is 8.00. The minimum absolute atomic E-state index is 0.0265. The summed E-state index contributed by atoms with van der Waals surface area (Å²) in [5.74, 6) is -0.234. The fraction of sp³-hybridized carbons (Fsp3) is 0.471. The molecule has 1 aliphatic heterocycles. The van der Waals surface area contributed by atoms with Crippen molar-refractivity contribution in [2.45, 2.75) is 32.7 Å². The number of rotatable bonds is 5. The number of aryl methyl sites for hydroxylation is 1. The minimum Gasteiger partial charge on any atom is -0.450 e. The Kier molecular flexibility index (Phi) is 5.78. The maximum atomic E-state index is 12.1. The number of likely N-dealkylation sites (N-methyl/N-ethyl adjacent to an activating group) is 1. The number of amides is 3. The van der Waals surface area contributed by atoms with Crippen LogP contribution in [0.2, 0.25) is 0 Å². The second kappa shape index (κ2) is 7.81. The van der Waals surface area contributed by atoms with Gasteiger partial charge in [0.05, 0.1) is 12.6 Å². The molecule has 0 fully saturated rings. The van der Waals surface area contributed by atoms with Gasteiger partial charge in [0.25, 0.3) is 0 Å². The molecule has 1 atom stereocenters. The van der Waals surface area contributed by atoms with Crippen LogP contribution < -0.4 is 10.6 Å². The predicted octanol–water partition coefficient (Wildman–Crippen LogP) is 1.84. The van der Waals surface area contributed by atoms with Crippen LogP contribution in [-0.2, 0) is 20.7 Å². The van der Waals surface area contributed by atoms with Gasteiger partial charge in [-0.3, -0.25) is 9.59 Å². The maximum Gasteiger partial charge on any atom is 0.409 e. The van der Waals surface area contributed by atoms with Crippen molar-refractivity contribution in [1.82, 2.24) is 10.2 Å². The second-order valence-electron chi connectivity index (χ2n) is 5.81. The molecule has 1 unspecified atom stereocenters. The quantitative estimate of drug-likeness (QED) is 0.860. The molecule has 7 heteroatoms. The van der Waals surface area contributed by atoms with Gasteiger partial charge in [-0.15, -0.1) is 0 Å². The van der Waals surface area contributed by atoms with Crippen molar-refractivity contribution in [3.63, 3.8) is 0 Å². The van der Waals surface area contributed by atoms with E-state index in [0.29, 0.717) is 12.8 Å². The lowest BCUT2D eigenvalue weighted by molar-refractivity contribution is -0.122. The predicted molar refractivity (Wildman–Crippen MR) is 89.6 cm³/mol. The summed E-state index contributed by atoms with van der Waals surface area (Å²) in [7, 11) is 1.52. The molecule has 0 radical (unpaired) electrons. The van der Waals surface area contributed by atoms with Gasteiger partial charge in [0.15, 0.2) is 0 Å². The van der Waals surface area contributed by atoms with Crippen molar-refractivity contribution in [2.24, 2.45) is 0 Å². The number of hydrogen-bond acceptors (Lipinski definition) is 4. The molecule has 7 nitrogen and oxygen atoms in total. The summed E-state index contributed by atoms with van der Waals surface area (Å²) < 4.78 is 4.84. The summed E-state index contributed by atoms with van der Waals surface area (Å²) in [5, 5.41) is 5.70. The fourth-order valence-corrected chi connectivity index (χ4v) is 2.56. The van der Waals surface area contributed by atoms with Crippen LogP contribution in [0.5, 0.6) is 0 Å². The average molecular weight is 333 g/mol. The molecule has 3 amide bonds. The standard InChI is InChI=1S/C17H23N3O4/c1-4-24-17(23)20(3)10-16(22)18-11(2)12-5-7-14-13(9-12)6-8-15(21)19-14/h5,7,9,11H,4,6,8,10H2,1-3H3,(H,18,22)(H,19,21). The zero-order valence-corrected chi connectivity index (χ0v) is 14.2. The molecular formula is C17H23N3O4. The van der Waals surface area contributed by atoms with E-state index in [1.165, 1.54) is 11.9 Å². The molecule has 0 spiro atoms. The Balaban J connectivity index is 1.94. The van der Waals surface area contributed by atoms with E-state index >= 15 is 0 Å². The van der Waals surface area contributed by atoms with Crippen LogP contribution in [0.3, 0.4) is 0 Å². The summed E-state index contributed by atoms with van der Waals surface area (Å²) in [6.45, 7) is 3.80. The third kappa shape index (κ3) is 4.47. The molecule has 24 heavy (non-hydrogen) atoms. The van der Waals surface area contributed by atoms with Crippen LogP contribution in [0.4, 0.5) is 10.5 Å². The van der Waals surface area contributed by atoms with E-state index < -0.39 is 6.09 Å². The number of nitrogens with one attached hydrogen (secondary N) is 2. The van der Waals surface area contributed by atoms with Crippen LogP contribution in [0.15, 0.2) is 18.2 Å². The molecule has 0 saturated carbocycles. The van der Waals surface area contributed by atoms with Crippen molar-refractivity contribution in [3.05, 3.63) is 29.3 Å². The van der Waals surface area contributed by atoms with E-state index in [1.54, 1.807) is 6.92 Å². The lowest BCUT2D eigenvalue weighted by Gasteiger charge is -2.21. The van der Waals surface area contributed by atoms with Crippen LogP contribution in [0.1, 0.15) is 37.4 Å². The number of hydrogen-bond donors (Lipinski definition) is 2. The highest BCUT2D eigenvalue weighted by Gasteiger charge is 2.18. The third-order valence-electron chi connectivity index (χ3n) is 3.86. The first-order chi connectivity index (χ1) is 11.4. The van der Waals surface area contributed by atoms with E-state index in [2.05, 4.69) is 10.6 Å². The average Bonchev–Trinajstić information content (AvgIpc) is 2.54. The summed E-state index contributed by atoms with van der Waals surface area (Å²) in [4.78, 5) is 36.2. The normalized spacial score (nSPS) is 14.2. The van der Waals surface area contributed by atoms with Crippen molar-refractivity contribution >= 4 is 23.6 Å². The van der Waals surface area contributed by atoms with Gasteiger partial charge in [-0.2, -0.15) is 0 Å². The monoisotopic (exact) mass is 333 g/mol. The summed E-state index contributed by atoms with van der Waals surface area (Å²) in [6, 6.07) is 5.53. The van der Waals surface area contributed by atoms with Gasteiger partial charge in [-0.05, 0) is 37.5 Å². The summed E-state index contributed by atoms with van der Waals surface area (Å²) >= 11 is 0. The van der Waals surface area contributed by atoms with Gasteiger partial charge >= 0.3 is 6.09 Å². The molecule has 1 aromatic carbocycles. The topological polar surface area (TPSA) is 87.7 Å². The molecule has 1 aliphatic rings. The number of anilines is 1. The van der Waals surface area contributed by atoms with Crippen LogP contribution in [0, 0.1) is 0 Å². The number of ether oxygens (including phenoxy) is 1. The Morgan fingerprint density at radius 1 is 1.38 bits per heavy atom. The lowest BCUT2D eigenvalue weighted by atomic mass is 9.98. The fourth-order valence-electron chi connectivity index (χ4n) is 2.56. The summed E-state index contributed by atoms with van der Waals surface area (Å²) in [5.41, 5.74) is 2.85. The smallest absolute Gasteiger partial charge is 0.409 e. The van der Waals surface area contributed by atoms with Gasteiger partial charge in [-0.1, -0.05) is 12.1 Å². The molecule has 0 saturated heterocycles. The first kappa shape index (κ1) is 17.8. The highest BCUT2D eigenvalue weighted by atomic mass is 16.6. The van der Waals surface area contributed by atoms with Gasteiger partial charge in [0.1, 0.15) is 6.54 Å². The number of carbonyl (C=O) groups is 3. The molecule has 1 aromatic rings. The Hall–Kier alpha value is -2.57. The molecule has 1 heterocycles. The lowest BCUT2D eigenvalue weighted by Crippen LogP contribution is -2.39. The number of fused-ring (bicyclic) bond motifs is 1. The van der Waals surface area contributed by atoms with Gasteiger partial charge in [0, 0.05) is 19.2 Å². The highest BCUT2D eigenvalue weighted by Crippen LogP contribution is 2.26. The van der Waals surface area contributed by atoms with E-state index in [-0.39, 0.29) is 31.0 Å².